The number of thiazole rings is 1. The summed E-state index contributed by atoms with van der Waals surface area (Å²) in [7, 11) is 0. The zero-order chi connectivity index (χ0) is 16.1. The van der Waals surface area contributed by atoms with Crippen LogP contribution in [0.1, 0.15) is 23.4 Å². The van der Waals surface area contributed by atoms with Gasteiger partial charge in [0.15, 0.2) is 6.10 Å². The number of hydrogen-bond donors (Lipinski definition) is 0. The van der Waals surface area contributed by atoms with Gasteiger partial charge >= 0.3 is 5.97 Å². The minimum absolute atomic E-state index is 0.123. The van der Waals surface area contributed by atoms with E-state index in [1.165, 1.54) is 16.9 Å². The smallest absolute Gasteiger partial charge is 0.306 e. The molecule has 23 heavy (non-hydrogen) atoms. The van der Waals surface area contributed by atoms with Gasteiger partial charge in [-0.1, -0.05) is 30.3 Å². The fraction of sp³-hybridized carbons (Fsp3) is 0.353. The lowest BCUT2D eigenvalue weighted by Gasteiger charge is -2.24. The average Bonchev–Trinajstić information content (AvgIpc) is 3.23. The SMILES string of the molecule is O=C1CC[C@H](C(=O)N(CCc2ccccc2)Cc2nccs2)O1. The molecule has 1 atom stereocenters. The standard InChI is InChI=1S/C17H18N2O3S/c20-16-7-6-14(22-16)17(21)19(12-15-18-9-11-23-15)10-8-13-4-2-1-3-5-13/h1-5,9,11,14H,6-8,10,12H2/t14-/m1/s1. The minimum Gasteiger partial charge on any atom is -0.452 e. The fourth-order valence-electron chi connectivity index (χ4n) is 2.57. The van der Waals surface area contributed by atoms with Gasteiger partial charge in [-0.3, -0.25) is 9.59 Å². The first kappa shape index (κ1) is 15.7. The molecule has 0 saturated carbocycles. The van der Waals surface area contributed by atoms with Crippen LogP contribution in [0.4, 0.5) is 0 Å². The van der Waals surface area contributed by atoms with Gasteiger partial charge in [-0.2, -0.15) is 0 Å². The summed E-state index contributed by atoms with van der Waals surface area (Å²) in [5, 5.41) is 2.78. The number of amides is 1. The summed E-state index contributed by atoms with van der Waals surface area (Å²) in [5.74, 6) is -0.414. The number of benzene rings is 1. The first-order chi connectivity index (χ1) is 11.2. The van der Waals surface area contributed by atoms with E-state index in [2.05, 4.69) is 4.98 Å². The lowest BCUT2D eigenvalue weighted by molar-refractivity contribution is -0.153. The first-order valence-electron chi connectivity index (χ1n) is 7.63. The lowest BCUT2D eigenvalue weighted by Crippen LogP contribution is -2.39. The zero-order valence-electron chi connectivity index (χ0n) is 12.7. The number of hydrogen-bond acceptors (Lipinski definition) is 5. The van der Waals surface area contributed by atoms with Crippen molar-refractivity contribution in [3.05, 3.63) is 52.5 Å². The van der Waals surface area contributed by atoms with E-state index in [4.69, 9.17) is 4.74 Å². The topological polar surface area (TPSA) is 59.5 Å². The highest BCUT2D eigenvalue weighted by atomic mass is 32.1. The fourth-order valence-corrected chi connectivity index (χ4v) is 3.20. The Labute approximate surface area is 138 Å². The molecular weight excluding hydrogens is 312 g/mol. The van der Waals surface area contributed by atoms with Crippen LogP contribution in [0.2, 0.25) is 0 Å². The molecule has 0 radical (unpaired) electrons. The summed E-state index contributed by atoms with van der Waals surface area (Å²) in [6.45, 7) is 1.04. The molecular formula is C17H18N2O3S. The van der Waals surface area contributed by atoms with Crippen LogP contribution in [0.5, 0.6) is 0 Å². The maximum Gasteiger partial charge on any atom is 0.306 e. The molecule has 0 unspecified atom stereocenters. The van der Waals surface area contributed by atoms with Crippen molar-refractivity contribution in [3.8, 4) is 0 Å². The molecule has 6 heteroatoms. The zero-order valence-corrected chi connectivity index (χ0v) is 13.5. The molecule has 1 aromatic carbocycles. The van der Waals surface area contributed by atoms with Crippen molar-refractivity contribution in [1.29, 1.82) is 0 Å². The van der Waals surface area contributed by atoms with Crippen molar-refractivity contribution < 1.29 is 14.3 Å². The quantitative estimate of drug-likeness (QED) is 0.763. The normalized spacial score (nSPS) is 17.0. The number of nitrogens with zero attached hydrogens (tertiary/aromatic N) is 2. The Balaban J connectivity index is 1.68. The Kier molecular flexibility index (Phi) is 5.02. The third kappa shape index (κ3) is 4.16. The van der Waals surface area contributed by atoms with E-state index in [1.807, 2.05) is 35.7 Å². The Bertz CT molecular complexity index is 658. The second-order valence-electron chi connectivity index (χ2n) is 5.44. The van der Waals surface area contributed by atoms with Crippen LogP contribution >= 0.6 is 11.3 Å². The highest BCUT2D eigenvalue weighted by Crippen LogP contribution is 2.18. The number of ether oxygens (including phenoxy) is 1. The van der Waals surface area contributed by atoms with Crippen LogP contribution in [-0.4, -0.2) is 34.4 Å². The molecule has 3 rings (SSSR count). The summed E-state index contributed by atoms with van der Waals surface area (Å²) < 4.78 is 5.13. The summed E-state index contributed by atoms with van der Waals surface area (Å²) in [4.78, 5) is 29.9. The predicted octanol–water partition coefficient (Wildman–Crippen LogP) is 2.42. The van der Waals surface area contributed by atoms with Gasteiger partial charge in [0.1, 0.15) is 5.01 Å². The third-order valence-electron chi connectivity index (χ3n) is 3.79. The second kappa shape index (κ2) is 7.37. The van der Waals surface area contributed by atoms with Crippen LogP contribution in [0.15, 0.2) is 41.9 Å². The van der Waals surface area contributed by atoms with E-state index < -0.39 is 6.10 Å². The van der Waals surface area contributed by atoms with Gasteiger partial charge in [0.25, 0.3) is 5.91 Å². The summed E-state index contributed by atoms with van der Waals surface area (Å²) in [6, 6.07) is 10.0. The van der Waals surface area contributed by atoms with Crippen LogP contribution in [0.25, 0.3) is 0 Å². The first-order valence-corrected chi connectivity index (χ1v) is 8.51. The van der Waals surface area contributed by atoms with Gasteiger partial charge in [0.2, 0.25) is 0 Å². The number of rotatable bonds is 6. The molecule has 2 heterocycles. The van der Waals surface area contributed by atoms with Crippen LogP contribution in [-0.2, 0) is 27.3 Å². The molecule has 0 spiro atoms. The average molecular weight is 330 g/mol. The number of cyclic esters (lactones) is 1. The monoisotopic (exact) mass is 330 g/mol. The van der Waals surface area contributed by atoms with E-state index in [-0.39, 0.29) is 11.9 Å². The molecule has 1 amide bonds. The molecule has 1 aliphatic rings. The number of aromatic nitrogens is 1. The van der Waals surface area contributed by atoms with Gasteiger partial charge in [-0.15, -0.1) is 11.3 Å². The van der Waals surface area contributed by atoms with Gasteiger partial charge in [-0.25, -0.2) is 4.98 Å². The molecule has 0 N–H and O–H groups in total. The van der Waals surface area contributed by atoms with Gasteiger partial charge in [-0.05, 0) is 12.0 Å². The molecule has 120 valence electrons. The van der Waals surface area contributed by atoms with Crippen molar-refractivity contribution in [2.45, 2.75) is 31.9 Å². The van der Waals surface area contributed by atoms with Crippen molar-refractivity contribution in [1.82, 2.24) is 9.88 Å². The molecule has 0 aliphatic carbocycles. The Morgan fingerprint density at radius 1 is 1.35 bits per heavy atom. The summed E-state index contributed by atoms with van der Waals surface area (Å²) >= 11 is 1.52. The number of carbonyl (C=O) groups is 2. The van der Waals surface area contributed by atoms with Crippen molar-refractivity contribution in [2.75, 3.05) is 6.54 Å². The van der Waals surface area contributed by atoms with E-state index in [9.17, 15) is 9.59 Å². The molecule has 1 saturated heterocycles. The van der Waals surface area contributed by atoms with E-state index >= 15 is 0 Å². The minimum atomic E-state index is -0.641. The maximum atomic E-state index is 12.7. The summed E-state index contributed by atoms with van der Waals surface area (Å²) in [5.41, 5.74) is 1.17. The van der Waals surface area contributed by atoms with Crippen molar-refractivity contribution in [3.63, 3.8) is 0 Å². The number of esters is 1. The molecule has 1 aliphatic heterocycles. The maximum absolute atomic E-state index is 12.7. The number of carbonyl (C=O) groups excluding carboxylic acids is 2. The molecule has 0 bridgehead atoms. The van der Waals surface area contributed by atoms with Gasteiger partial charge in [0.05, 0.1) is 6.54 Å². The van der Waals surface area contributed by atoms with Crippen molar-refractivity contribution in [2.24, 2.45) is 0 Å². The largest absolute Gasteiger partial charge is 0.452 e. The Hall–Kier alpha value is -2.21. The van der Waals surface area contributed by atoms with Crippen LogP contribution < -0.4 is 0 Å². The molecule has 1 aromatic heterocycles. The molecule has 2 aromatic rings. The molecule has 1 fully saturated rings. The van der Waals surface area contributed by atoms with E-state index in [1.54, 1.807) is 11.1 Å². The van der Waals surface area contributed by atoms with Gasteiger partial charge < -0.3 is 9.64 Å². The third-order valence-corrected chi connectivity index (χ3v) is 4.56. The highest BCUT2D eigenvalue weighted by molar-refractivity contribution is 7.09. The van der Waals surface area contributed by atoms with E-state index in [0.717, 1.165) is 11.4 Å². The van der Waals surface area contributed by atoms with Gasteiger partial charge in [0, 0.05) is 31.0 Å². The second-order valence-corrected chi connectivity index (χ2v) is 6.42. The van der Waals surface area contributed by atoms with Crippen molar-refractivity contribution >= 4 is 23.2 Å². The Morgan fingerprint density at radius 3 is 2.83 bits per heavy atom. The Morgan fingerprint density at radius 2 is 2.17 bits per heavy atom. The van der Waals surface area contributed by atoms with Crippen LogP contribution in [0.3, 0.4) is 0 Å². The molecule has 5 nitrogen and oxygen atoms in total. The summed E-state index contributed by atoms with van der Waals surface area (Å²) in [6.07, 6.45) is 2.64. The van der Waals surface area contributed by atoms with E-state index in [0.29, 0.717) is 25.9 Å². The highest BCUT2D eigenvalue weighted by Gasteiger charge is 2.33. The lowest BCUT2D eigenvalue weighted by atomic mass is 10.1. The predicted molar refractivity (Wildman–Crippen MR) is 86.8 cm³/mol. The van der Waals surface area contributed by atoms with Crippen LogP contribution in [0, 0.1) is 0 Å².